The molecule has 0 saturated carbocycles. The summed E-state index contributed by atoms with van der Waals surface area (Å²) in [7, 11) is 1.49. The van der Waals surface area contributed by atoms with Gasteiger partial charge < -0.3 is 20.9 Å². The van der Waals surface area contributed by atoms with Crippen molar-refractivity contribution in [1.29, 1.82) is 0 Å². The van der Waals surface area contributed by atoms with Crippen LogP contribution in [0.4, 0.5) is 0 Å². The smallest absolute Gasteiger partial charge is 0.236 e. The Labute approximate surface area is 78.3 Å². The third-order valence-corrected chi connectivity index (χ3v) is 1.65. The highest BCUT2D eigenvalue weighted by molar-refractivity contribution is 5.81. The Hall–Kier alpha value is -0.650. The first-order valence-corrected chi connectivity index (χ1v) is 4.32. The van der Waals surface area contributed by atoms with Crippen LogP contribution >= 0.6 is 0 Å². The first kappa shape index (κ1) is 12.3. The molecule has 0 bridgehead atoms. The summed E-state index contributed by atoms with van der Waals surface area (Å²) >= 11 is 0. The second-order valence-electron chi connectivity index (χ2n) is 2.87. The molecule has 5 nitrogen and oxygen atoms in total. The number of nitrogens with one attached hydrogen (secondary N) is 1. The second kappa shape index (κ2) is 6.82. The number of carbonyl (C=O) groups is 1. The summed E-state index contributed by atoms with van der Waals surface area (Å²) in [5.74, 6) is -0.238. The molecule has 0 aliphatic rings. The van der Waals surface area contributed by atoms with Gasteiger partial charge in [0.1, 0.15) is 0 Å². The van der Waals surface area contributed by atoms with Crippen molar-refractivity contribution < 1.29 is 14.6 Å². The van der Waals surface area contributed by atoms with Crippen molar-refractivity contribution in [1.82, 2.24) is 5.32 Å². The molecule has 0 saturated heterocycles. The summed E-state index contributed by atoms with van der Waals surface area (Å²) in [4.78, 5) is 11.1. The fourth-order valence-corrected chi connectivity index (χ4v) is 0.786. The number of hydrogen-bond donors (Lipinski definition) is 3. The van der Waals surface area contributed by atoms with E-state index < -0.39 is 12.1 Å². The van der Waals surface area contributed by atoms with Gasteiger partial charge in [0.25, 0.3) is 0 Å². The first-order chi connectivity index (χ1) is 6.11. The Balaban J connectivity index is 3.57. The molecule has 0 aliphatic heterocycles. The van der Waals surface area contributed by atoms with Gasteiger partial charge >= 0.3 is 0 Å². The van der Waals surface area contributed by atoms with Crippen LogP contribution in [0.1, 0.15) is 13.3 Å². The van der Waals surface area contributed by atoms with E-state index in [2.05, 4.69) is 5.32 Å². The number of amides is 1. The van der Waals surface area contributed by atoms with Crippen LogP contribution in [0.15, 0.2) is 0 Å². The molecule has 1 amide bonds. The molecule has 13 heavy (non-hydrogen) atoms. The summed E-state index contributed by atoms with van der Waals surface area (Å²) in [6.45, 7) is 2.22. The Morgan fingerprint density at radius 2 is 2.31 bits per heavy atom. The van der Waals surface area contributed by atoms with Crippen LogP contribution in [0.2, 0.25) is 0 Å². The summed E-state index contributed by atoms with van der Waals surface area (Å²) in [5, 5.41) is 11.7. The van der Waals surface area contributed by atoms with Crippen molar-refractivity contribution in [3.8, 4) is 0 Å². The van der Waals surface area contributed by atoms with Gasteiger partial charge in [-0.2, -0.15) is 0 Å². The summed E-state index contributed by atoms with van der Waals surface area (Å²) in [6, 6.07) is -0.491. The average molecular weight is 190 g/mol. The zero-order valence-electron chi connectivity index (χ0n) is 8.12. The summed E-state index contributed by atoms with van der Waals surface area (Å²) in [6.07, 6.45) is -0.0790. The summed E-state index contributed by atoms with van der Waals surface area (Å²) in [5.41, 5.74) is 5.45. The lowest BCUT2D eigenvalue weighted by molar-refractivity contribution is -0.123. The minimum absolute atomic E-state index is 0.181. The number of methoxy groups -OCH3 is 1. The molecular formula is C8H18N2O3. The Kier molecular flexibility index (Phi) is 6.48. The molecule has 0 aliphatic carbocycles. The molecule has 0 heterocycles. The third-order valence-electron chi connectivity index (χ3n) is 1.65. The lowest BCUT2D eigenvalue weighted by Gasteiger charge is -2.13. The van der Waals surface area contributed by atoms with Crippen molar-refractivity contribution in [2.45, 2.75) is 25.5 Å². The molecule has 0 spiro atoms. The molecule has 0 aromatic carbocycles. The highest BCUT2D eigenvalue weighted by Crippen LogP contribution is 1.87. The Morgan fingerprint density at radius 3 is 2.77 bits per heavy atom. The SMILES string of the molecule is CCC(N)C(=O)NCC(O)COC. The quantitative estimate of drug-likeness (QED) is 0.493. The zero-order valence-corrected chi connectivity index (χ0v) is 8.12. The van der Waals surface area contributed by atoms with E-state index in [1.54, 1.807) is 0 Å². The number of aliphatic hydroxyl groups is 1. The van der Waals surface area contributed by atoms with Crippen LogP contribution in [0.25, 0.3) is 0 Å². The second-order valence-corrected chi connectivity index (χ2v) is 2.87. The van der Waals surface area contributed by atoms with Gasteiger partial charge in [0.2, 0.25) is 5.91 Å². The van der Waals surface area contributed by atoms with Gasteiger partial charge in [-0.25, -0.2) is 0 Å². The van der Waals surface area contributed by atoms with Gasteiger partial charge in [-0.05, 0) is 6.42 Å². The van der Waals surface area contributed by atoms with Crippen LogP contribution in [0, 0.1) is 0 Å². The van der Waals surface area contributed by atoms with E-state index in [0.29, 0.717) is 6.42 Å². The van der Waals surface area contributed by atoms with Gasteiger partial charge in [0, 0.05) is 13.7 Å². The van der Waals surface area contributed by atoms with Crippen molar-refractivity contribution in [3.05, 3.63) is 0 Å². The number of hydrogen-bond acceptors (Lipinski definition) is 4. The molecule has 0 rings (SSSR count). The molecule has 0 radical (unpaired) electrons. The van der Waals surface area contributed by atoms with E-state index in [4.69, 9.17) is 10.5 Å². The molecule has 0 aromatic rings. The van der Waals surface area contributed by atoms with Gasteiger partial charge in [-0.3, -0.25) is 4.79 Å². The van der Waals surface area contributed by atoms with Gasteiger partial charge in [-0.15, -0.1) is 0 Å². The topological polar surface area (TPSA) is 84.6 Å². The Bertz CT molecular complexity index is 152. The average Bonchev–Trinajstić information content (AvgIpc) is 2.13. The van der Waals surface area contributed by atoms with E-state index in [1.165, 1.54) is 7.11 Å². The van der Waals surface area contributed by atoms with Crippen LogP contribution in [0.3, 0.4) is 0 Å². The molecule has 0 fully saturated rings. The monoisotopic (exact) mass is 190 g/mol. The van der Waals surface area contributed by atoms with Crippen molar-refractivity contribution >= 4 is 5.91 Å². The lowest BCUT2D eigenvalue weighted by atomic mass is 10.2. The van der Waals surface area contributed by atoms with Gasteiger partial charge in [-0.1, -0.05) is 6.92 Å². The molecule has 78 valence electrons. The van der Waals surface area contributed by atoms with E-state index in [0.717, 1.165) is 0 Å². The standard InChI is InChI=1S/C8H18N2O3/c1-3-7(9)8(12)10-4-6(11)5-13-2/h6-7,11H,3-5,9H2,1-2H3,(H,10,12). The van der Waals surface area contributed by atoms with Crippen LogP contribution in [0.5, 0.6) is 0 Å². The fraction of sp³-hybridized carbons (Fsp3) is 0.875. The number of rotatable bonds is 6. The first-order valence-electron chi connectivity index (χ1n) is 4.32. The van der Waals surface area contributed by atoms with Gasteiger partial charge in [0.05, 0.1) is 18.8 Å². The largest absolute Gasteiger partial charge is 0.389 e. The minimum Gasteiger partial charge on any atom is -0.389 e. The van der Waals surface area contributed by atoms with E-state index in [9.17, 15) is 9.90 Å². The van der Waals surface area contributed by atoms with Crippen molar-refractivity contribution in [3.63, 3.8) is 0 Å². The molecule has 2 unspecified atom stereocenters. The molecule has 2 atom stereocenters. The maximum absolute atomic E-state index is 11.1. The third kappa shape index (κ3) is 5.57. The Morgan fingerprint density at radius 1 is 1.69 bits per heavy atom. The fourth-order valence-electron chi connectivity index (χ4n) is 0.786. The van der Waals surface area contributed by atoms with E-state index >= 15 is 0 Å². The number of ether oxygens (including phenoxy) is 1. The molecule has 5 heteroatoms. The highest BCUT2D eigenvalue weighted by atomic mass is 16.5. The van der Waals surface area contributed by atoms with E-state index in [-0.39, 0.29) is 19.1 Å². The van der Waals surface area contributed by atoms with Crippen LogP contribution in [-0.4, -0.2) is 43.4 Å². The lowest BCUT2D eigenvalue weighted by Crippen LogP contribution is -2.43. The van der Waals surface area contributed by atoms with Crippen LogP contribution < -0.4 is 11.1 Å². The highest BCUT2D eigenvalue weighted by Gasteiger charge is 2.11. The predicted octanol–water partition coefficient (Wildman–Crippen LogP) is -1.15. The number of nitrogens with two attached hydrogens (primary N) is 1. The predicted molar refractivity (Wildman–Crippen MR) is 49.2 cm³/mol. The van der Waals surface area contributed by atoms with Gasteiger partial charge in [0.15, 0.2) is 0 Å². The summed E-state index contributed by atoms with van der Waals surface area (Å²) < 4.78 is 4.69. The molecule has 4 N–H and O–H groups in total. The van der Waals surface area contributed by atoms with Crippen LogP contribution in [-0.2, 0) is 9.53 Å². The normalized spacial score (nSPS) is 15.1. The maximum atomic E-state index is 11.1. The van der Waals surface area contributed by atoms with Crippen molar-refractivity contribution in [2.24, 2.45) is 5.73 Å². The van der Waals surface area contributed by atoms with E-state index in [1.807, 2.05) is 6.92 Å². The minimum atomic E-state index is -0.669. The maximum Gasteiger partial charge on any atom is 0.236 e. The van der Waals surface area contributed by atoms with Crippen molar-refractivity contribution in [2.75, 3.05) is 20.3 Å². The molecular weight excluding hydrogens is 172 g/mol. The zero-order chi connectivity index (χ0) is 10.3. The number of aliphatic hydroxyl groups excluding tert-OH is 1. The number of carbonyl (C=O) groups excluding carboxylic acids is 1. The molecule has 0 aromatic heterocycles.